The van der Waals surface area contributed by atoms with E-state index in [4.69, 9.17) is 4.74 Å². The fourth-order valence-corrected chi connectivity index (χ4v) is 2.36. The highest BCUT2D eigenvalue weighted by molar-refractivity contribution is 5.89. The van der Waals surface area contributed by atoms with Crippen LogP contribution in [0.15, 0.2) is 10.9 Å². The van der Waals surface area contributed by atoms with Crippen molar-refractivity contribution in [3.05, 3.63) is 33.2 Å². The third-order valence-electron chi connectivity index (χ3n) is 3.36. The number of alkyl halides is 2. The standard InChI is InChI=1S/C13H15F2NO4/c1-2-20-13(19)8-5-7-9(16-12(8)18)3-6(11(14)15)4-10(7)17/h5-6,10-11,17H,2-4H2,1H3,(H,16,18)/t6-,10+/m0/s1. The van der Waals surface area contributed by atoms with Crippen LogP contribution in [-0.2, 0) is 11.2 Å². The van der Waals surface area contributed by atoms with E-state index in [-0.39, 0.29) is 30.7 Å². The molecule has 5 nitrogen and oxygen atoms in total. The second kappa shape index (κ2) is 5.70. The minimum Gasteiger partial charge on any atom is -0.462 e. The summed E-state index contributed by atoms with van der Waals surface area (Å²) in [5, 5.41) is 9.90. The van der Waals surface area contributed by atoms with Crippen LogP contribution < -0.4 is 5.56 Å². The van der Waals surface area contributed by atoms with E-state index in [0.29, 0.717) is 5.56 Å². The van der Waals surface area contributed by atoms with Crippen molar-refractivity contribution in [2.24, 2.45) is 5.92 Å². The van der Waals surface area contributed by atoms with Crippen LogP contribution in [0.25, 0.3) is 0 Å². The zero-order valence-electron chi connectivity index (χ0n) is 10.9. The van der Waals surface area contributed by atoms with Crippen molar-refractivity contribution in [3.63, 3.8) is 0 Å². The number of carbonyl (C=O) groups excluding carboxylic acids is 1. The van der Waals surface area contributed by atoms with Gasteiger partial charge in [-0.2, -0.15) is 0 Å². The SMILES string of the molecule is CCOC(=O)c1cc2c([nH]c1=O)C[C@H](C(F)F)C[C@H]2O. The van der Waals surface area contributed by atoms with E-state index in [2.05, 4.69) is 4.98 Å². The lowest BCUT2D eigenvalue weighted by molar-refractivity contribution is 0.0290. The molecule has 0 aromatic carbocycles. The van der Waals surface area contributed by atoms with Crippen molar-refractivity contribution in [2.75, 3.05) is 6.61 Å². The average Bonchev–Trinajstić information content (AvgIpc) is 2.37. The first kappa shape index (κ1) is 14.6. The summed E-state index contributed by atoms with van der Waals surface area (Å²) in [4.78, 5) is 25.8. The number of H-pyrrole nitrogens is 1. The monoisotopic (exact) mass is 287 g/mol. The molecule has 110 valence electrons. The van der Waals surface area contributed by atoms with Crippen molar-refractivity contribution in [1.29, 1.82) is 0 Å². The number of aliphatic hydroxyl groups excluding tert-OH is 1. The van der Waals surface area contributed by atoms with E-state index in [1.54, 1.807) is 6.92 Å². The van der Waals surface area contributed by atoms with E-state index in [9.17, 15) is 23.5 Å². The maximum absolute atomic E-state index is 12.7. The Labute approximate surface area is 113 Å². The summed E-state index contributed by atoms with van der Waals surface area (Å²) in [5.74, 6) is -1.79. The summed E-state index contributed by atoms with van der Waals surface area (Å²) in [6.07, 6.45) is -3.81. The molecule has 2 atom stereocenters. The van der Waals surface area contributed by atoms with Gasteiger partial charge < -0.3 is 14.8 Å². The lowest BCUT2D eigenvalue weighted by Crippen LogP contribution is -2.30. The van der Waals surface area contributed by atoms with Gasteiger partial charge in [0.25, 0.3) is 5.56 Å². The zero-order valence-corrected chi connectivity index (χ0v) is 10.9. The van der Waals surface area contributed by atoms with Gasteiger partial charge >= 0.3 is 5.97 Å². The number of hydrogen-bond acceptors (Lipinski definition) is 4. The van der Waals surface area contributed by atoms with Crippen molar-refractivity contribution < 1.29 is 23.4 Å². The zero-order chi connectivity index (χ0) is 14.9. The van der Waals surface area contributed by atoms with Gasteiger partial charge in [0.1, 0.15) is 5.56 Å². The first-order valence-electron chi connectivity index (χ1n) is 6.33. The number of aromatic nitrogens is 1. The van der Waals surface area contributed by atoms with Gasteiger partial charge in [-0.15, -0.1) is 0 Å². The first-order valence-corrected chi connectivity index (χ1v) is 6.33. The number of ether oxygens (including phenoxy) is 1. The Kier molecular flexibility index (Phi) is 4.17. The number of aromatic amines is 1. The second-order valence-corrected chi connectivity index (χ2v) is 4.72. The van der Waals surface area contributed by atoms with E-state index < -0.39 is 30.0 Å². The Hall–Kier alpha value is -1.76. The Morgan fingerprint density at radius 1 is 1.60 bits per heavy atom. The fourth-order valence-electron chi connectivity index (χ4n) is 2.36. The number of hydrogen-bond donors (Lipinski definition) is 2. The van der Waals surface area contributed by atoms with Crippen LogP contribution in [0, 0.1) is 5.92 Å². The number of carbonyl (C=O) groups is 1. The maximum Gasteiger partial charge on any atom is 0.343 e. The maximum atomic E-state index is 12.7. The molecule has 0 saturated heterocycles. The molecule has 1 aliphatic carbocycles. The summed E-state index contributed by atoms with van der Waals surface area (Å²) < 4.78 is 30.2. The van der Waals surface area contributed by atoms with Gasteiger partial charge in [-0.25, -0.2) is 13.6 Å². The molecule has 7 heteroatoms. The molecule has 0 spiro atoms. The summed E-state index contributed by atoms with van der Waals surface area (Å²) >= 11 is 0. The summed E-state index contributed by atoms with van der Waals surface area (Å²) in [6, 6.07) is 1.23. The molecule has 0 radical (unpaired) electrons. The highest BCUT2D eigenvalue weighted by Crippen LogP contribution is 2.34. The van der Waals surface area contributed by atoms with E-state index >= 15 is 0 Å². The summed E-state index contributed by atoms with van der Waals surface area (Å²) in [5.41, 5.74) is -0.346. The molecule has 1 aromatic heterocycles. The molecule has 0 bridgehead atoms. The Balaban J connectivity index is 2.40. The lowest BCUT2D eigenvalue weighted by atomic mass is 9.84. The normalized spacial score (nSPS) is 21.6. The highest BCUT2D eigenvalue weighted by atomic mass is 19.3. The van der Waals surface area contributed by atoms with Crippen molar-refractivity contribution in [1.82, 2.24) is 4.98 Å². The van der Waals surface area contributed by atoms with Gasteiger partial charge in [0.05, 0.1) is 12.7 Å². The van der Waals surface area contributed by atoms with Gasteiger partial charge in [0.2, 0.25) is 6.43 Å². The van der Waals surface area contributed by atoms with Crippen LogP contribution in [0.4, 0.5) is 8.78 Å². The first-order chi connectivity index (χ1) is 9.43. The molecule has 0 unspecified atom stereocenters. The van der Waals surface area contributed by atoms with Crippen LogP contribution in [0.2, 0.25) is 0 Å². The number of halogens is 2. The minimum atomic E-state index is -2.56. The summed E-state index contributed by atoms with van der Waals surface area (Å²) in [6.45, 7) is 1.72. The quantitative estimate of drug-likeness (QED) is 0.824. The molecular formula is C13H15F2NO4. The molecule has 0 aliphatic heterocycles. The van der Waals surface area contributed by atoms with Crippen molar-refractivity contribution in [2.45, 2.75) is 32.3 Å². The highest BCUT2D eigenvalue weighted by Gasteiger charge is 2.33. The molecule has 2 rings (SSSR count). The number of aliphatic hydroxyl groups is 1. The van der Waals surface area contributed by atoms with Gasteiger partial charge in [-0.3, -0.25) is 4.79 Å². The molecule has 1 aromatic rings. The molecule has 2 N–H and O–H groups in total. The largest absolute Gasteiger partial charge is 0.462 e. The Morgan fingerprint density at radius 2 is 2.30 bits per heavy atom. The number of rotatable bonds is 3. The van der Waals surface area contributed by atoms with E-state index in [0.717, 1.165) is 0 Å². The predicted molar refractivity (Wildman–Crippen MR) is 65.8 cm³/mol. The van der Waals surface area contributed by atoms with Crippen molar-refractivity contribution >= 4 is 5.97 Å². The minimum absolute atomic E-state index is 0.0254. The molecule has 0 amide bonds. The number of fused-ring (bicyclic) bond motifs is 1. The second-order valence-electron chi connectivity index (χ2n) is 4.72. The van der Waals surface area contributed by atoms with Crippen LogP contribution in [-0.4, -0.2) is 29.1 Å². The molecule has 20 heavy (non-hydrogen) atoms. The molecule has 0 saturated carbocycles. The smallest absolute Gasteiger partial charge is 0.343 e. The molecule has 1 heterocycles. The van der Waals surface area contributed by atoms with E-state index in [1.165, 1.54) is 6.07 Å². The van der Waals surface area contributed by atoms with E-state index in [1.807, 2.05) is 0 Å². The fraction of sp³-hybridized carbons (Fsp3) is 0.538. The van der Waals surface area contributed by atoms with Gasteiger partial charge in [0.15, 0.2) is 0 Å². The molecule has 0 fully saturated rings. The van der Waals surface area contributed by atoms with Crippen LogP contribution >= 0.6 is 0 Å². The molecular weight excluding hydrogens is 272 g/mol. The third-order valence-corrected chi connectivity index (χ3v) is 3.36. The number of esters is 1. The Bertz CT molecular complexity index is 570. The number of pyridine rings is 1. The molecule has 1 aliphatic rings. The number of nitrogens with one attached hydrogen (secondary N) is 1. The Morgan fingerprint density at radius 3 is 2.90 bits per heavy atom. The predicted octanol–water partition coefficient (Wildman–Crippen LogP) is 1.41. The van der Waals surface area contributed by atoms with Gasteiger partial charge in [0, 0.05) is 17.2 Å². The lowest BCUT2D eigenvalue weighted by Gasteiger charge is -2.27. The van der Waals surface area contributed by atoms with Crippen molar-refractivity contribution in [3.8, 4) is 0 Å². The van der Waals surface area contributed by atoms with Gasteiger partial charge in [-0.1, -0.05) is 0 Å². The van der Waals surface area contributed by atoms with Crippen LogP contribution in [0.3, 0.4) is 0 Å². The summed E-state index contributed by atoms with van der Waals surface area (Å²) in [7, 11) is 0. The third kappa shape index (κ3) is 2.72. The van der Waals surface area contributed by atoms with Gasteiger partial charge in [-0.05, 0) is 25.8 Å². The van der Waals surface area contributed by atoms with Crippen LogP contribution in [0.1, 0.15) is 41.1 Å². The topological polar surface area (TPSA) is 79.4 Å². The van der Waals surface area contributed by atoms with Crippen LogP contribution in [0.5, 0.6) is 0 Å². The average molecular weight is 287 g/mol.